The predicted molar refractivity (Wildman–Crippen MR) is 200 cm³/mol. The summed E-state index contributed by atoms with van der Waals surface area (Å²) < 4.78 is 70.0. The van der Waals surface area contributed by atoms with Gasteiger partial charge in [0.05, 0.1) is 16.6 Å². The Labute approximate surface area is 300 Å². The Morgan fingerprint density at radius 2 is 1.73 bits per heavy atom. The fraction of sp³-hybridized carbons (Fsp3) is 0.500. The van der Waals surface area contributed by atoms with Crippen molar-refractivity contribution < 1.29 is 31.8 Å². The van der Waals surface area contributed by atoms with Gasteiger partial charge in [0.2, 0.25) is 15.0 Å². The van der Waals surface area contributed by atoms with Crippen LogP contribution in [0.4, 0.5) is 14.6 Å². The van der Waals surface area contributed by atoms with Crippen molar-refractivity contribution in [1.29, 1.82) is 0 Å². The molecule has 0 amide bonds. The molecule has 4 aromatic rings. The van der Waals surface area contributed by atoms with Gasteiger partial charge in [-0.2, -0.15) is 0 Å². The van der Waals surface area contributed by atoms with Crippen molar-refractivity contribution in [2.45, 2.75) is 83.1 Å². The second-order valence-corrected chi connectivity index (χ2v) is 22.0. The Kier molecular flexibility index (Phi) is 11.4. The number of piperidine rings is 1. The number of hydrogen-bond donors (Lipinski definition) is 1. The molecule has 0 radical (unpaired) electrons. The Hall–Kier alpha value is -3.70. The number of nitrogens with zero attached hydrogens (tertiary/aromatic N) is 4. The average Bonchev–Trinajstić information content (AvgIpc) is 3.08. The van der Waals surface area contributed by atoms with Crippen molar-refractivity contribution in [2.75, 3.05) is 44.8 Å². The maximum Gasteiger partial charge on any atom is 0.249 e. The third kappa shape index (κ3) is 7.33. The van der Waals surface area contributed by atoms with Crippen molar-refractivity contribution in [2.24, 2.45) is 5.92 Å². The van der Waals surface area contributed by atoms with Crippen LogP contribution in [0.1, 0.15) is 65.6 Å². The SMILES string of the molecule is COCOc1cc(-c2nc(C)c3c(N4CCCC(CO)C4)nc(S(C)(=O)=O)nc3c2F)c2c(C#C[Si](C(C)C)(C(C)C)C(C)C)c(F)ccc2c1. The summed E-state index contributed by atoms with van der Waals surface area (Å²) in [4.78, 5) is 15.3. The highest BCUT2D eigenvalue weighted by molar-refractivity contribution is 7.90. The van der Waals surface area contributed by atoms with E-state index in [2.05, 4.69) is 63.0 Å². The van der Waals surface area contributed by atoms with Gasteiger partial charge in [-0.3, -0.25) is 0 Å². The Morgan fingerprint density at radius 1 is 1.04 bits per heavy atom. The summed E-state index contributed by atoms with van der Waals surface area (Å²) in [6.07, 6.45) is 2.52. The quantitative estimate of drug-likeness (QED) is 0.0761. The topological polar surface area (TPSA) is 115 Å². The molecule has 9 nitrogen and oxygen atoms in total. The van der Waals surface area contributed by atoms with Gasteiger partial charge >= 0.3 is 0 Å². The second kappa shape index (κ2) is 15.1. The molecule has 274 valence electrons. The average molecular weight is 739 g/mol. The number of methoxy groups -OCH3 is 1. The molecule has 0 aliphatic carbocycles. The fourth-order valence-corrected chi connectivity index (χ4v) is 13.5. The predicted octanol–water partition coefficient (Wildman–Crippen LogP) is 7.60. The third-order valence-corrected chi connectivity index (χ3v) is 17.4. The normalized spacial score (nSPS) is 15.7. The second-order valence-electron chi connectivity index (χ2n) is 14.5. The molecule has 2 aromatic carbocycles. The van der Waals surface area contributed by atoms with Gasteiger partial charge in [-0.1, -0.05) is 53.5 Å². The molecule has 1 unspecified atom stereocenters. The lowest BCUT2D eigenvalue weighted by Gasteiger charge is -2.38. The molecular formula is C38H48F2N4O5SSi. The summed E-state index contributed by atoms with van der Waals surface area (Å²) in [5.74, 6) is 2.35. The van der Waals surface area contributed by atoms with Crippen molar-refractivity contribution in [3.05, 3.63) is 47.2 Å². The van der Waals surface area contributed by atoms with E-state index in [1.54, 1.807) is 25.1 Å². The molecule has 1 N–H and O–H groups in total. The van der Waals surface area contributed by atoms with Crippen LogP contribution in [-0.2, 0) is 14.6 Å². The van der Waals surface area contributed by atoms with Gasteiger partial charge in [-0.15, -0.1) is 5.54 Å². The first-order chi connectivity index (χ1) is 24.0. The molecule has 0 spiro atoms. The summed E-state index contributed by atoms with van der Waals surface area (Å²) in [7, 11) is -4.80. The molecule has 0 bridgehead atoms. The molecule has 5 rings (SSSR count). The number of pyridine rings is 1. The van der Waals surface area contributed by atoms with Crippen LogP contribution >= 0.6 is 0 Å². The van der Waals surface area contributed by atoms with Gasteiger partial charge in [-0.05, 0) is 65.9 Å². The van der Waals surface area contributed by atoms with Crippen LogP contribution in [0.25, 0.3) is 32.9 Å². The van der Waals surface area contributed by atoms with Crippen LogP contribution < -0.4 is 9.64 Å². The molecule has 3 heterocycles. The van der Waals surface area contributed by atoms with Gasteiger partial charge in [0, 0.05) is 44.0 Å². The lowest BCUT2D eigenvalue weighted by Crippen LogP contribution is -2.43. The number of aromatic nitrogens is 3. The van der Waals surface area contributed by atoms with E-state index in [4.69, 9.17) is 14.5 Å². The molecule has 0 saturated carbocycles. The molecule has 1 fully saturated rings. The number of aryl methyl sites for hydroxylation is 1. The lowest BCUT2D eigenvalue weighted by molar-refractivity contribution is 0.0512. The summed E-state index contributed by atoms with van der Waals surface area (Å²) in [6, 6.07) is 6.25. The van der Waals surface area contributed by atoms with E-state index in [0.717, 1.165) is 19.1 Å². The van der Waals surface area contributed by atoms with E-state index in [0.29, 0.717) is 51.9 Å². The van der Waals surface area contributed by atoms with Gasteiger partial charge in [0.15, 0.2) is 12.6 Å². The van der Waals surface area contributed by atoms with Gasteiger partial charge in [0.1, 0.15) is 36.7 Å². The van der Waals surface area contributed by atoms with Crippen LogP contribution in [0, 0.1) is 35.9 Å². The maximum atomic E-state index is 17.2. The minimum Gasteiger partial charge on any atom is -0.468 e. The smallest absolute Gasteiger partial charge is 0.249 e. The molecular weight excluding hydrogens is 691 g/mol. The summed E-state index contributed by atoms with van der Waals surface area (Å²) >= 11 is 0. The molecule has 1 atom stereocenters. The van der Waals surface area contributed by atoms with Crippen LogP contribution in [0.3, 0.4) is 0 Å². The fourth-order valence-electron chi connectivity index (χ4n) is 7.82. The number of anilines is 1. The highest BCUT2D eigenvalue weighted by Gasteiger charge is 2.42. The first kappa shape index (κ1) is 38.5. The van der Waals surface area contributed by atoms with E-state index in [1.807, 2.05) is 4.90 Å². The van der Waals surface area contributed by atoms with Crippen LogP contribution in [0.5, 0.6) is 5.75 Å². The van der Waals surface area contributed by atoms with Gasteiger partial charge in [-0.25, -0.2) is 32.2 Å². The Bertz CT molecular complexity index is 2110. The molecule has 1 aliphatic heterocycles. The highest BCUT2D eigenvalue weighted by Crippen LogP contribution is 2.43. The molecule has 1 saturated heterocycles. The number of halogens is 2. The van der Waals surface area contributed by atoms with Crippen molar-refractivity contribution in [1.82, 2.24) is 15.0 Å². The molecule has 13 heteroatoms. The number of ether oxygens (including phenoxy) is 2. The first-order valence-corrected chi connectivity index (χ1v) is 21.5. The maximum absolute atomic E-state index is 17.2. The molecule has 1 aliphatic rings. The van der Waals surface area contributed by atoms with Gasteiger partial charge < -0.3 is 19.5 Å². The Balaban J connectivity index is 1.88. The minimum absolute atomic E-state index is 0.0420. The monoisotopic (exact) mass is 738 g/mol. The number of hydrogen-bond acceptors (Lipinski definition) is 9. The van der Waals surface area contributed by atoms with Crippen LogP contribution in [0.2, 0.25) is 16.6 Å². The summed E-state index contributed by atoms with van der Waals surface area (Å²) in [5, 5.41) is 10.6. The zero-order chi connectivity index (χ0) is 37.4. The zero-order valence-corrected chi connectivity index (χ0v) is 32.7. The summed E-state index contributed by atoms with van der Waals surface area (Å²) in [6.45, 7) is 15.6. The standard InChI is InChI=1S/C38H48F2N4O5SSi/c1-22(2)51(23(3)4,24(5)6)16-14-29-31(39)13-12-27-17-28(49-21-48-8)18-30(33(27)29)35-34(40)36-32(25(7)41-35)37(43-38(42-36)50(9,46)47)44-15-10-11-26(19-44)20-45/h12-13,17-18,22-24,26,45H,10-11,15,19-21H2,1-9H3. The van der Waals surface area contributed by atoms with Crippen LogP contribution in [0.15, 0.2) is 29.4 Å². The lowest BCUT2D eigenvalue weighted by atomic mass is 9.95. The highest BCUT2D eigenvalue weighted by atomic mass is 32.2. The number of aliphatic hydroxyl groups is 1. The van der Waals surface area contributed by atoms with Crippen LogP contribution in [-0.4, -0.2) is 76.4 Å². The molecule has 51 heavy (non-hydrogen) atoms. The van der Waals surface area contributed by atoms with Crippen molar-refractivity contribution in [3.8, 4) is 28.5 Å². The number of benzene rings is 2. The third-order valence-electron chi connectivity index (χ3n) is 10.2. The first-order valence-electron chi connectivity index (χ1n) is 17.4. The van der Waals surface area contributed by atoms with Crippen molar-refractivity contribution >= 4 is 45.4 Å². The zero-order valence-electron chi connectivity index (χ0n) is 30.9. The number of sulfone groups is 1. The van der Waals surface area contributed by atoms with Gasteiger partial charge in [0.25, 0.3) is 0 Å². The van der Waals surface area contributed by atoms with Crippen molar-refractivity contribution in [3.63, 3.8) is 0 Å². The van der Waals surface area contributed by atoms with E-state index >= 15 is 8.78 Å². The van der Waals surface area contributed by atoms with E-state index in [9.17, 15) is 13.5 Å². The number of aliphatic hydroxyl groups excluding tert-OH is 1. The number of fused-ring (bicyclic) bond motifs is 2. The Morgan fingerprint density at radius 3 is 2.33 bits per heavy atom. The summed E-state index contributed by atoms with van der Waals surface area (Å²) in [5.41, 5.74) is 4.82. The van der Waals surface area contributed by atoms with E-state index in [-0.39, 0.29) is 52.9 Å². The van der Waals surface area contributed by atoms with E-state index < -0.39 is 34.7 Å². The minimum atomic E-state index is -3.97. The number of rotatable bonds is 10. The van der Waals surface area contributed by atoms with E-state index in [1.165, 1.54) is 13.2 Å². The molecule has 2 aromatic heterocycles. The largest absolute Gasteiger partial charge is 0.468 e.